The molecule has 2 unspecified atom stereocenters. The molecule has 0 saturated carbocycles. The van der Waals surface area contributed by atoms with Crippen molar-refractivity contribution < 1.29 is 22.6 Å². The predicted octanol–water partition coefficient (Wildman–Crippen LogP) is 6.92. The molecule has 2 atom stereocenters. The summed E-state index contributed by atoms with van der Waals surface area (Å²) in [6, 6.07) is 15.1. The van der Waals surface area contributed by atoms with E-state index < -0.39 is 11.6 Å². The van der Waals surface area contributed by atoms with E-state index in [-0.39, 0.29) is 35.5 Å². The van der Waals surface area contributed by atoms with Crippen molar-refractivity contribution in [3.8, 4) is 22.3 Å². The van der Waals surface area contributed by atoms with E-state index in [1.807, 2.05) is 25.1 Å². The molecule has 34 heavy (non-hydrogen) atoms. The van der Waals surface area contributed by atoms with Crippen LogP contribution >= 0.6 is 0 Å². The van der Waals surface area contributed by atoms with E-state index in [9.17, 15) is 13.2 Å². The summed E-state index contributed by atoms with van der Waals surface area (Å²) in [6.45, 7) is 2.86. The van der Waals surface area contributed by atoms with Crippen LogP contribution in [0.1, 0.15) is 36.8 Å². The fourth-order valence-corrected chi connectivity index (χ4v) is 4.21. The van der Waals surface area contributed by atoms with Crippen molar-refractivity contribution in [1.82, 2.24) is 0 Å². The third-order valence-electron chi connectivity index (χ3n) is 6.20. The van der Waals surface area contributed by atoms with Crippen LogP contribution in [0.15, 0.2) is 66.7 Å². The molecular formula is C28H26BF3O2. The zero-order chi connectivity index (χ0) is 24.1. The Balaban J connectivity index is 1.46. The van der Waals surface area contributed by atoms with Crippen molar-refractivity contribution >= 4 is 7.85 Å². The van der Waals surface area contributed by atoms with Crippen molar-refractivity contribution in [3.05, 3.63) is 95.3 Å². The van der Waals surface area contributed by atoms with Gasteiger partial charge in [-0.25, -0.2) is 13.2 Å². The van der Waals surface area contributed by atoms with Gasteiger partial charge in [-0.05, 0) is 53.6 Å². The van der Waals surface area contributed by atoms with Crippen LogP contribution in [0.2, 0.25) is 0 Å². The van der Waals surface area contributed by atoms with Crippen LogP contribution in [0.25, 0.3) is 22.3 Å². The summed E-state index contributed by atoms with van der Waals surface area (Å²) in [5.74, 6) is -2.15. The molecule has 1 aliphatic rings. The number of rotatable bonds is 7. The van der Waals surface area contributed by atoms with Gasteiger partial charge in [0.25, 0.3) is 0 Å². The van der Waals surface area contributed by atoms with Gasteiger partial charge in [-0.1, -0.05) is 67.0 Å². The van der Waals surface area contributed by atoms with Crippen LogP contribution in [0.3, 0.4) is 0 Å². The molecule has 6 heteroatoms. The molecule has 0 spiro atoms. The van der Waals surface area contributed by atoms with Gasteiger partial charge in [0.2, 0.25) is 0 Å². The average Bonchev–Trinajstić information content (AvgIpc) is 2.86. The Morgan fingerprint density at radius 1 is 0.941 bits per heavy atom. The molecule has 1 heterocycles. The van der Waals surface area contributed by atoms with Crippen LogP contribution in [0.4, 0.5) is 13.2 Å². The second kappa shape index (κ2) is 11.1. The van der Waals surface area contributed by atoms with Crippen molar-refractivity contribution in [1.29, 1.82) is 0 Å². The lowest BCUT2D eigenvalue weighted by Crippen LogP contribution is -2.27. The molecule has 0 aromatic heterocycles. The Morgan fingerprint density at radius 3 is 2.32 bits per heavy atom. The SMILES string of the molecule is [B]Cc1ccc(-c2ccc(-c3ccc(C4CCC(OC/C=C/C)OC4)c(F)c3)cc2)c(F)c1F. The quantitative estimate of drug-likeness (QED) is 0.280. The molecular weight excluding hydrogens is 436 g/mol. The first-order valence-corrected chi connectivity index (χ1v) is 11.4. The van der Waals surface area contributed by atoms with Crippen LogP contribution in [-0.2, 0) is 15.8 Å². The molecule has 2 nitrogen and oxygen atoms in total. The van der Waals surface area contributed by atoms with Gasteiger partial charge in [-0.2, -0.15) is 0 Å². The molecule has 3 aromatic rings. The molecule has 2 radical (unpaired) electrons. The van der Waals surface area contributed by atoms with Gasteiger partial charge in [0.1, 0.15) is 5.82 Å². The summed E-state index contributed by atoms with van der Waals surface area (Å²) >= 11 is 0. The summed E-state index contributed by atoms with van der Waals surface area (Å²) in [4.78, 5) is 0. The van der Waals surface area contributed by atoms with Crippen LogP contribution < -0.4 is 0 Å². The third-order valence-corrected chi connectivity index (χ3v) is 6.20. The monoisotopic (exact) mass is 462 g/mol. The maximum absolute atomic E-state index is 15.0. The zero-order valence-electron chi connectivity index (χ0n) is 19.1. The lowest BCUT2D eigenvalue weighted by molar-refractivity contribution is -0.160. The van der Waals surface area contributed by atoms with Crippen molar-refractivity contribution in [2.45, 2.75) is 38.3 Å². The molecule has 0 aliphatic carbocycles. The Bertz CT molecular complexity index is 1150. The van der Waals surface area contributed by atoms with Gasteiger partial charge >= 0.3 is 0 Å². The molecule has 3 aromatic carbocycles. The van der Waals surface area contributed by atoms with Gasteiger partial charge in [0.05, 0.1) is 21.1 Å². The predicted molar refractivity (Wildman–Crippen MR) is 129 cm³/mol. The van der Waals surface area contributed by atoms with Gasteiger partial charge in [0, 0.05) is 11.5 Å². The van der Waals surface area contributed by atoms with E-state index in [2.05, 4.69) is 0 Å². The van der Waals surface area contributed by atoms with E-state index >= 15 is 0 Å². The summed E-state index contributed by atoms with van der Waals surface area (Å²) in [7, 11) is 5.44. The standard InChI is InChI=1S/C28H26BF3O2/c1-2-3-14-33-26-13-10-22(17-34-26)23-11-8-20(15-25(23)30)18-4-6-19(7-5-18)24-12-9-21(16-29)27(31)28(24)32/h2-9,11-12,15,22,26H,10,13-14,16-17H2,1H3/b3-2+. The van der Waals surface area contributed by atoms with Gasteiger partial charge in [-0.15, -0.1) is 0 Å². The largest absolute Gasteiger partial charge is 0.352 e. The highest BCUT2D eigenvalue weighted by Gasteiger charge is 2.25. The number of hydrogen-bond donors (Lipinski definition) is 0. The number of allylic oxidation sites excluding steroid dienone is 1. The maximum Gasteiger partial charge on any atom is 0.166 e. The molecule has 1 aliphatic heterocycles. The highest BCUT2D eigenvalue weighted by Crippen LogP contribution is 2.33. The van der Waals surface area contributed by atoms with E-state index in [0.29, 0.717) is 36.3 Å². The zero-order valence-corrected chi connectivity index (χ0v) is 19.1. The Morgan fingerprint density at radius 2 is 1.68 bits per heavy atom. The van der Waals surface area contributed by atoms with Crippen molar-refractivity contribution in [2.24, 2.45) is 0 Å². The molecule has 1 fully saturated rings. The van der Waals surface area contributed by atoms with Crippen LogP contribution in [0, 0.1) is 17.5 Å². The molecule has 0 N–H and O–H groups in total. The summed E-state index contributed by atoms with van der Waals surface area (Å²) < 4.78 is 54.9. The number of benzene rings is 3. The lowest BCUT2D eigenvalue weighted by Gasteiger charge is -2.29. The molecule has 1 saturated heterocycles. The summed E-state index contributed by atoms with van der Waals surface area (Å²) in [5, 5.41) is 0. The minimum atomic E-state index is -0.927. The van der Waals surface area contributed by atoms with Crippen molar-refractivity contribution in [3.63, 3.8) is 0 Å². The fourth-order valence-electron chi connectivity index (χ4n) is 4.21. The van der Waals surface area contributed by atoms with Crippen LogP contribution in [-0.4, -0.2) is 27.4 Å². The minimum Gasteiger partial charge on any atom is -0.352 e. The first-order valence-electron chi connectivity index (χ1n) is 11.4. The first-order chi connectivity index (χ1) is 16.5. The minimum absolute atomic E-state index is 0.0210. The fraction of sp³-hybridized carbons (Fsp3) is 0.286. The number of ether oxygens (including phenoxy) is 2. The highest BCUT2D eigenvalue weighted by molar-refractivity contribution is 6.08. The Hall–Kier alpha value is -2.83. The second-order valence-corrected chi connectivity index (χ2v) is 8.36. The molecule has 0 bridgehead atoms. The van der Waals surface area contributed by atoms with E-state index in [0.717, 1.165) is 12.0 Å². The van der Waals surface area contributed by atoms with E-state index in [4.69, 9.17) is 17.3 Å². The molecule has 4 rings (SSSR count). The Kier molecular flexibility index (Phi) is 7.91. The smallest absolute Gasteiger partial charge is 0.166 e. The van der Waals surface area contributed by atoms with Crippen molar-refractivity contribution in [2.75, 3.05) is 13.2 Å². The van der Waals surface area contributed by atoms with Gasteiger partial charge < -0.3 is 9.47 Å². The molecule has 0 amide bonds. The average molecular weight is 462 g/mol. The maximum atomic E-state index is 15.0. The summed E-state index contributed by atoms with van der Waals surface area (Å²) in [6.07, 6.45) is 5.03. The third kappa shape index (κ3) is 5.29. The van der Waals surface area contributed by atoms with Crippen LogP contribution in [0.5, 0.6) is 0 Å². The molecule has 174 valence electrons. The highest BCUT2D eigenvalue weighted by atomic mass is 19.2. The second-order valence-electron chi connectivity index (χ2n) is 8.36. The normalized spacial score (nSPS) is 18.5. The topological polar surface area (TPSA) is 18.5 Å². The lowest BCUT2D eigenvalue weighted by atomic mass is 9.90. The number of hydrogen-bond acceptors (Lipinski definition) is 2. The van der Waals surface area contributed by atoms with E-state index in [1.54, 1.807) is 30.3 Å². The Labute approximate surface area is 199 Å². The number of halogens is 3. The van der Waals surface area contributed by atoms with E-state index in [1.165, 1.54) is 18.2 Å². The first kappa shape index (κ1) is 24.3. The van der Waals surface area contributed by atoms with Gasteiger partial charge in [-0.3, -0.25) is 0 Å². The van der Waals surface area contributed by atoms with Gasteiger partial charge in [0.15, 0.2) is 17.9 Å². The summed E-state index contributed by atoms with van der Waals surface area (Å²) in [5.41, 5.74) is 2.95.